The van der Waals surface area contributed by atoms with Crippen LogP contribution in [0, 0.1) is 12.9 Å². The van der Waals surface area contributed by atoms with Gasteiger partial charge in [0.2, 0.25) is 5.95 Å². The Balaban J connectivity index is 2.10. The van der Waals surface area contributed by atoms with E-state index in [-0.39, 0.29) is 17.1 Å². The van der Waals surface area contributed by atoms with E-state index in [0.29, 0.717) is 11.3 Å². The predicted molar refractivity (Wildman–Crippen MR) is 99.1 cm³/mol. The first-order valence-corrected chi connectivity index (χ1v) is 8.55. The van der Waals surface area contributed by atoms with Gasteiger partial charge in [0.05, 0.1) is 5.69 Å². The molecule has 1 aromatic carbocycles. The molecule has 2 heterocycles. The van der Waals surface area contributed by atoms with Gasteiger partial charge in [-0.05, 0) is 46.1 Å². The molecular formula is C18H17BrFN3O3. The van der Waals surface area contributed by atoms with Gasteiger partial charge in [0.25, 0.3) is 0 Å². The summed E-state index contributed by atoms with van der Waals surface area (Å²) in [6.45, 7) is 1.90. The number of benzene rings is 1. The quantitative estimate of drug-likeness (QED) is 0.467. The van der Waals surface area contributed by atoms with E-state index in [1.807, 2.05) is 25.1 Å². The molecule has 3 rings (SSSR count). The van der Waals surface area contributed by atoms with Crippen LogP contribution in [0.4, 0.5) is 4.39 Å². The largest absolute Gasteiger partial charge is 0.464 e. The molecule has 136 valence electrons. The molecule has 0 atom stereocenters. The van der Waals surface area contributed by atoms with Gasteiger partial charge in [0.1, 0.15) is 0 Å². The van der Waals surface area contributed by atoms with E-state index in [9.17, 15) is 9.18 Å². The van der Waals surface area contributed by atoms with E-state index in [1.165, 1.54) is 17.7 Å². The number of hydrogen-bond donors (Lipinski definition) is 0. The number of methoxy groups -OCH3 is 1. The monoisotopic (exact) mass is 421 g/mol. The molecule has 0 amide bonds. The zero-order valence-corrected chi connectivity index (χ0v) is 16.1. The minimum Gasteiger partial charge on any atom is -0.464 e. The fourth-order valence-corrected chi connectivity index (χ4v) is 3.18. The Bertz CT molecular complexity index is 1010. The summed E-state index contributed by atoms with van der Waals surface area (Å²) in [5, 5.41) is 0. The SMILES string of the molecule is COCOc1c(-c2ccc(-n3ccn(C)c3=O)c(C)c2)cc(F)nc1Br. The molecule has 26 heavy (non-hydrogen) atoms. The Labute approximate surface area is 157 Å². The highest BCUT2D eigenvalue weighted by Gasteiger charge is 2.16. The van der Waals surface area contributed by atoms with Crippen molar-refractivity contribution >= 4 is 15.9 Å². The van der Waals surface area contributed by atoms with Crippen LogP contribution >= 0.6 is 15.9 Å². The number of rotatable bonds is 5. The molecule has 0 bridgehead atoms. The molecule has 0 radical (unpaired) electrons. The third kappa shape index (κ3) is 3.42. The Hall–Kier alpha value is -2.45. The van der Waals surface area contributed by atoms with Crippen molar-refractivity contribution in [1.82, 2.24) is 14.1 Å². The summed E-state index contributed by atoms with van der Waals surface area (Å²) >= 11 is 3.23. The average molecular weight is 422 g/mol. The van der Waals surface area contributed by atoms with Crippen LogP contribution in [0.3, 0.4) is 0 Å². The first-order chi connectivity index (χ1) is 12.4. The second-order valence-corrected chi connectivity index (χ2v) is 6.48. The van der Waals surface area contributed by atoms with Gasteiger partial charge >= 0.3 is 5.69 Å². The Morgan fingerprint density at radius 2 is 2.04 bits per heavy atom. The van der Waals surface area contributed by atoms with E-state index in [1.54, 1.807) is 24.0 Å². The van der Waals surface area contributed by atoms with Crippen LogP contribution in [-0.4, -0.2) is 28.0 Å². The number of aromatic nitrogens is 3. The fourth-order valence-electron chi connectivity index (χ4n) is 2.68. The van der Waals surface area contributed by atoms with Crippen LogP contribution < -0.4 is 10.4 Å². The molecule has 3 aromatic rings. The van der Waals surface area contributed by atoms with Crippen LogP contribution in [0.1, 0.15) is 5.56 Å². The number of pyridine rings is 1. The minimum absolute atomic E-state index is 0.00931. The summed E-state index contributed by atoms with van der Waals surface area (Å²) in [6, 6.07) is 6.80. The van der Waals surface area contributed by atoms with Gasteiger partial charge in [-0.3, -0.25) is 4.57 Å². The number of aryl methyl sites for hydroxylation is 2. The normalized spacial score (nSPS) is 11.0. The molecule has 0 aliphatic rings. The lowest BCUT2D eigenvalue weighted by Crippen LogP contribution is -2.21. The number of imidazole rings is 1. The maximum Gasteiger partial charge on any atom is 0.332 e. The van der Waals surface area contributed by atoms with Gasteiger partial charge in [-0.15, -0.1) is 0 Å². The summed E-state index contributed by atoms with van der Waals surface area (Å²) in [5.74, 6) is -0.241. The van der Waals surface area contributed by atoms with Crippen molar-refractivity contribution in [2.45, 2.75) is 6.92 Å². The molecule has 0 spiro atoms. The zero-order chi connectivity index (χ0) is 18.8. The van der Waals surface area contributed by atoms with E-state index in [4.69, 9.17) is 9.47 Å². The topological polar surface area (TPSA) is 58.3 Å². The third-order valence-corrected chi connectivity index (χ3v) is 4.47. The fraction of sp³-hybridized carbons (Fsp3) is 0.222. The maximum atomic E-state index is 13.8. The second-order valence-electron chi connectivity index (χ2n) is 5.73. The maximum absolute atomic E-state index is 13.8. The van der Waals surface area contributed by atoms with Gasteiger partial charge in [-0.25, -0.2) is 9.78 Å². The van der Waals surface area contributed by atoms with Crippen LogP contribution in [0.2, 0.25) is 0 Å². The average Bonchev–Trinajstić information content (AvgIpc) is 2.93. The molecule has 0 unspecified atom stereocenters. The standard InChI is InChI=1S/C18H17BrFN3O3/c1-11-8-12(4-5-14(11)23-7-6-22(2)18(23)24)13-9-15(20)21-17(19)16(13)26-10-25-3/h4-9H,10H2,1-3H3. The molecule has 0 fully saturated rings. The molecule has 0 aliphatic carbocycles. The van der Waals surface area contributed by atoms with Gasteiger partial charge < -0.3 is 14.0 Å². The first kappa shape index (κ1) is 18.3. The van der Waals surface area contributed by atoms with E-state index in [0.717, 1.165) is 16.8 Å². The smallest absolute Gasteiger partial charge is 0.332 e. The Morgan fingerprint density at radius 1 is 1.27 bits per heavy atom. The first-order valence-electron chi connectivity index (χ1n) is 7.75. The van der Waals surface area contributed by atoms with Gasteiger partial charge in [-0.1, -0.05) is 6.07 Å². The lowest BCUT2D eigenvalue weighted by molar-refractivity contribution is 0.0505. The van der Waals surface area contributed by atoms with Crippen molar-refractivity contribution in [1.29, 1.82) is 0 Å². The summed E-state index contributed by atoms with van der Waals surface area (Å²) in [5.41, 5.74) is 2.76. The molecule has 6 nitrogen and oxygen atoms in total. The summed E-state index contributed by atoms with van der Waals surface area (Å²) in [6.07, 6.45) is 3.40. The van der Waals surface area contributed by atoms with E-state index < -0.39 is 5.95 Å². The summed E-state index contributed by atoms with van der Waals surface area (Å²) in [4.78, 5) is 15.9. The predicted octanol–water partition coefficient (Wildman–Crippen LogP) is 3.43. The highest BCUT2D eigenvalue weighted by Crippen LogP contribution is 2.36. The summed E-state index contributed by atoms with van der Waals surface area (Å²) in [7, 11) is 3.19. The van der Waals surface area contributed by atoms with Gasteiger partial charge in [0, 0.05) is 38.2 Å². The highest BCUT2D eigenvalue weighted by atomic mass is 79.9. The molecule has 0 saturated carbocycles. The zero-order valence-electron chi connectivity index (χ0n) is 14.5. The molecule has 2 aromatic heterocycles. The van der Waals surface area contributed by atoms with Crippen molar-refractivity contribution in [3.05, 3.63) is 63.3 Å². The Morgan fingerprint density at radius 3 is 2.65 bits per heavy atom. The van der Waals surface area contributed by atoms with E-state index in [2.05, 4.69) is 20.9 Å². The van der Waals surface area contributed by atoms with Crippen molar-refractivity contribution in [2.24, 2.45) is 7.05 Å². The van der Waals surface area contributed by atoms with E-state index >= 15 is 0 Å². The second kappa shape index (κ2) is 7.43. The van der Waals surface area contributed by atoms with Crippen LogP contribution in [0.5, 0.6) is 5.75 Å². The van der Waals surface area contributed by atoms with Crippen molar-refractivity contribution < 1.29 is 13.9 Å². The minimum atomic E-state index is -0.627. The van der Waals surface area contributed by atoms with Crippen LogP contribution in [0.15, 0.2) is 46.1 Å². The number of halogens is 2. The number of ether oxygens (including phenoxy) is 2. The summed E-state index contributed by atoms with van der Waals surface area (Å²) < 4.78 is 27.6. The molecule has 0 aliphatic heterocycles. The number of hydrogen-bond acceptors (Lipinski definition) is 4. The van der Waals surface area contributed by atoms with Gasteiger partial charge in [0.15, 0.2) is 17.1 Å². The molecule has 8 heteroatoms. The van der Waals surface area contributed by atoms with Crippen molar-refractivity contribution in [3.8, 4) is 22.6 Å². The lowest BCUT2D eigenvalue weighted by atomic mass is 10.0. The molecular weight excluding hydrogens is 405 g/mol. The van der Waals surface area contributed by atoms with Crippen LogP contribution in [0.25, 0.3) is 16.8 Å². The van der Waals surface area contributed by atoms with Crippen molar-refractivity contribution in [3.63, 3.8) is 0 Å². The highest BCUT2D eigenvalue weighted by molar-refractivity contribution is 9.10. The number of nitrogens with zero attached hydrogens (tertiary/aromatic N) is 3. The third-order valence-electron chi connectivity index (χ3n) is 3.94. The molecule has 0 saturated heterocycles. The lowest BCUT2D eigenvalue weighted by Gasteiger charge is -2.14. The molecule has 0 N–H and O–H groups in total. The Kier molecular flexibility index (Phi) is 5.24. The van der Waals surface area contributed by atoms with Crippen LogP contribution in [-0.2, 0) is 11.8 Å². The van der Waals surface area contributed by atoms with Crippen molar-refractivity contribution in [2.75, 3.05) is 13.9 Å². The van der Waals surface area contributed by atoms with Gasteiger partial charge in [-0.2, -0.15) is 4.39 Å².